The Balaban J connectivity index is 1.85. The van der Waals surface area contributed by atoms with Crippen molar-refractivity contribution in [1.82, 2.24) is 4.90 Å². The molecular weight excluding hydrogens is 309 g/mol. The molecule has 1 unspecified atom stereocenters. The number of nitrogen functional groups attached to an aromatic ring is 1. The summed E-state index contributed by atoms with van der Waals surface area (Å²) in [5, 5.41) is 3.24. The van der Waals surface area contributed by atoms with Gasteiger partial charge >= 0.3 is 0 Å². The Morgan fingerprint density at radius 1 is 1.42 bits per heavy atom. The Morgan fingerprint density at radius 2 is 2.11 bits per heavy atom. The van der Waals surface area contributed by atoms with Crippen LogP contribution in [0.25, 0.3) is 0 Å². The molecule has 2 rings (SSSR count). The van der Waals surface area contributed by atoms with Gasteiger partial charge in [0.1, 0.15) is 5.82 Å². The number of rotatable bonds is 5. The number of halogens is 2. The predicted octanol–water partition coefficient (Wildman–Crippen LogP) is 3.31. The standard InChI is InChI=1S/C14H21BrFN3/c1-10(9-19-4-2-3-5-19)8-18-14-7-12(16)11(15)6-13(14)17/h6-7,10,18H,2-5,8-9,17H2,1H3. The first-order valence-electron chi connectivity index (χ1n) is 6.77. The zero-order chi connectivity index (χ0) is 13.8. The summed E-state index contributed by atoms with van der Waals surface area (Å²) in [6, 6.07) is 3.05. The molecule has 0 aliphatic carbocycles. The molecule has 3 N–H and O–H groups in total. The molecule has 0 bridgehead atoms. The third kappa shape index (κ3) is 4.08. The predicted molar refractivity (Wildman–Crippen MR) is 81.8 cm³/mol. The Morgan fingerprint density at radius 3 is 2.79 bits per heavy atom. The van der Waals surface area contributed by atoms with Crippen molar-refractivity contribution in [3.63, 3.8) is 0 Å². The highest BCUT2D eigenvalue weighted by molar-refractivity contribution is 9.10. The first-order chi connectivity index (χ1) is 9.06. The second kappa shape index (κ2) is 6.57. The number of nitrogens with two attached hydrogens (primary N) is 1. The minimum atomic E-state index is -0.288. The largest absolute Gasteiger partial charge is 0.397 e. The number of likely N-dealkylation sites (tertiary alicyclic amines) is 1. The second-order valence-corrected chi connectivity index (χ2v) is 6.20. The molecule has 1 atom stereocenters. The first kappa shape index (κ1) is 14.6. The van der Waals surface area contributed by atoms with Crippen molar-refractivity contribution in [2.45, 2.75) is 19.8 Å². The molecule has 19 heavy (non-hydrogen) atoms. The molecule has 5 heteroatoms. The van der Waals surface area contributed by atoms with E-state index in [0.717, 1.165) is 13.1 Å². The Kier molecular flexibility index (Phi) is 5.05. The molecule has 1 aliphatic rings. The highest BCUT2D eigenvalue weighted by Gasteiger charge is 2.15. The average molecular weight is 330 g/mol. The third-order valence-corrected chi connectivity index (χ3v) is 4.11. The van der Waals surface area contributed by atoms with Crippen LogP contribution in [0.4, 0.5) is 15.8 Å². The maximum atomic E-state index is 13.5. The van der Waals surface area contributed by atoms with Gasteiger partial charge in [-0.05, 0) is 53.8 Å². The summed E-state index contributed by atoms with van der Waals surface area (Å²) in [5.41, 5.74) is 7.12. The number of anilines is 2. The quantitative estimate of drug-likeness (QED) is 0.814. The number of nitrogens with zero attached hydrogens (tertiary/aromatic N) is 1. The lowest BCUT2D eigenvalue weighted by Crippen LogP contribution is -2.29. The topological polar surface area (TPSA) is 41.3 Å². The molecule has 0 spiro atoms. The second-order valence-electron chi connectivity index (χ2n) is 5.35. The fraction of sp³-hybridized carbons (Fsp3) is 0.571. The number of nitrogens with one attached hydrogen (secondary N) is 1. The summed E-state index contributed by atoms with van der Waals surface area (Å²) < 4.78 is 13.9. The highest BCUT2D eigenvalue weighted by atomic mass is 79.9. The van der Waals surface area contributed by atoms with Gasteiger partial charge in [-0.2, -0.15) is 0 Å². The van der Waals surface area contributed by atoms with Crippen LogP contribution in [0.5, 0.6) is 0 Å². The van der Waals surface area contributed by atoms with Crippen LogP contribution in [0.1, 0.15) is 19.8 Å². The maximum Gasteiger partial charge on any atom is 0.139 e. The van der Waals surface area contributed by atoms with Crippen molar-refractivity contribution in [1.29, 1.82) is 0 Å². The van der Waals surface area contributed by atoms with E-state index in [0.29, 0.717) is 21.8 Å². The third-order valence-electron chi connectivity index (χ3n) is 3.50. The highest BCUT2D eigenvalue weighted by Crippen LogP contribution is 2.26. The van der Waals surface area contributed by atoms with E-state index in [4.69, 9.17) is 5.73 Å². The smallest absolute Gasteiger partial charge is 0.139 e. The van der Waals surface area contributed by atoms with E-state index in [2.05, 4.69) is 33.1 Å². The summed E-state index contributed by atoms with van der Waals surface area (Å²) in [7, 11) is 0. The zero-order valence-corrected chi connectivity index (χ0v) is 12.8. The molecule has 3 nitrogen and oxygen atoms in total. The van der Waals surface area contributed by atoms with Gasteiger partial charge in [0, 0.05) is 19.2 Å². The number of hydrogen-bond acceptors (Lipinski definition) is 3. The van der Waals surface area contributed by atoms with Gasteiger partial charge in [-0.25, -0.2) is 4.39 Å². The fourth-order valence-electron chi connectivity index (χ4n) is 2.47. The van der Waals surface area contributed by atoms with Crippen molar-refractivity contribution < 1.29 is 4.39 Å². The summed E-state index contributed by atoms with van der Waals surface area (Å²) >= 11 is 3.13. The monoisotopic (exact) mass is 329 g/mol. The summed E-state index contributed by atoms with van der Waals surface area (Å²) in [6.45, 7) is 6.52. The molecule has 1 fully saturated rings. The van der Waals surface area contributed by atoms with Crippen LogP contribution in [0, 0.1) is 11.7 Å². The first-order valence-corrected chi connectivity index (χ1v) is 7.56. The van der Waals surface area contributed by atoms with E-state index in [1.807, 2.05) is 0 Å². The van der Waals surface area contributed by atoms with Crippen LogP contribution in [0.3, 0.4) is 0 Å². The lowest BCUT2D eigenvalue weighted by atomic mass is 10.1. The van der Waals surface area contributed by atoms with Gasteiger partial charge in [0.05, 0.1) is 15.8 Å². The van der Waals surface area contributed by atoms with Crippen molar-refractivity contribution >= 4 is 27.3 Å². The SMILES string of the molecule is CC(CNc1cc(F)c(Br)cc1N)CN1CCCC1. The lowest BCUT2D eigenvalue weighted by Gasteiger charge is -2.21. The summed E-state index contributed by atoms with van der Waals surface area (Å²) in [4.78, 5) is 2.48. The van der Waals surface area contributed by atoms with E-state index in [-0.39, 0.29) is 5.82 Å². The van der Waals surface area contributed by atoms with Gasteiger partial charge in [-0.3, -0.25) is 0 Å². The lowest BCUT2D eigenvalue weighted by molar-refractivity contribution is 0.294. The van der Waals surface area contributed by atoms with Gasteiger partial charge in [-0.15, -0.1) is 0 Å². The van der Waals surface area contributed by atoms with Gasteiger partial charge in [0.2, 0.25) is 0 Å². The van der Waals surface area contributed by atoms with Crippen LogP contribution in [0.2, 0.25) is 0 Å². The summed E-state index contributed by atoms with van der Waals surface area (Å²) in [6.07, 6.45) is 2.62. The molecular formula is C14H21BrFN3. The van der Waals surface area contributed by atoms with Crippen molar-refractivity contribution in [3.05, 3.63) is 22.4 Å². The van der Waals surface area contributed by atoms with Crippen LogP contribution in [-0.2, 0) is 0 Å². The Labute approximate surface area is 122 Å². The van der Waals surface area contributed by atoms with E-state index in [1.54, 1.807) is 6.07 Å². The molecule has 0 radical (unpaired) electrons. The molecule has 1 aromatic rings. The molecule has 0 amide bonds. The molecule has 1 aliphatic heterocycles. The Bertz CT molecular complexity index is 433. The minimum Gasteiger partial charge on any atom is -0.397 e. The summed E-state index contributed by atoms with van der Waals surface area (Å²) in [5.74, 6) is 0.230. The van der Waals surface area contributed by atoms with E-state index in [9.17, 15) is 4.39 Å². The van der Waals surface area contributed by atoms with E-state index >= 15 is 0 Å². The van der Waals surface area contributed by atoms with E-state index < -0.39 is 0 Å². The minimum absolute atomic E-state index is 0.288. The van der Waals surface area contributed by atoms with Crippen molar-refractivity contribution in [3.8, 4) is 0 Å². The average Bonchev–Trinajstić information content (AvgIpc) is 2.85. The Hall–Kier alpha value is -0.810. The number of benzene rings is 1. The van der Waals surface area contributed by atoms with Crippen LogP contribution in [-0.4, -0.2) is 31.1 Å². The normalized spacial score (nSPS) is 17.6. The fourth-order valence-corrected chi connectivity index (χ4v) is 2.83. The molecule has 1 saturated heterocycles. The molecule has 106 valence electrons. The molecule has 1 aromatic carbocycles. The van der Waals surface area contributed by atoms with Crippen molar-refractivity contribution in [2.24, 2.45) is 5.92 Å². The number of hydrogen-bond donors (Lipinski definition) is 2. The van der Waals surface area contributed by atoms with Gasteiger partial charge in [0.25, 0.3) is 0 Å². The van der Waals surface area contributed by atoms with Crippen LogP contribution in [0.15, 0.2) is 16.6 Å². The van der Waals surface area contributed by atoms with Gasteiger partial charge < -0.3 is 16.0 Å². The maximum absolute atomic E-state index is 13.5. The van der Waals surface area contributed by atoms with Gasteiger partial charge in [-0.1, -0.05) is 6.92 Å². The van der Waals surface area contributed by atoms with Crippen LogP contribution >= 0.6 is 15.9 Å². The van der Waals surface area contributed by atoms with Crippen molar-refractivity contribution in [2.75, 3.05) is 37.2 Å². The zero-order valence-electron chi connectivity index (χ0n) is 11.3. The van der Waals surface area contributed by atoms with E-state index in [1.165, 1.54) is 32.0 Å². The van der Waals surface area contributed by atoms with Gasteiger partial charge in [0.15, 0.2) is 0 Å². The molecule has 0 aromatic heterocycles. The van der Waals surface area contributed by atoms with Crippen LogP contribution < -0.4 is 11.1 Å². The molecule has 1 heterocycles. The molecule has 0 saturated carbocycles.